The Morgan fingerprint density at radius 1 is 1.35 bits per heavy atom. The minimum Gasteiger partial charge on any atom is -0.390 e. The monoisotopic (exact) mass is 317 g/mol. The average molecular weight is 318 g/mol. The first-order valence-corrected chi connectivity index (χ1v) is 8.49. The second-order valence-corrected chi connectivity index (χ2v) is 7.40. The molecule has 20 heavy (non-hydrogen) atoms. The summed E-state index contributed by atoms with van der Waals surface area (Å²) in [5.41, 5.74) is 0.424. The minimum atomic E-state index is -3.29. The molecule has 0 bridgehead atoms. The van der Waals surface area contributed by atoms with Gasteiger partial charge in [-0.05, 0) is 31.2 Å². The molecule has 1 amide bonds. The van der Waals surface area contributed by atoms with Gasteiger partial charge in [-0.1, -0.05) is 11.6 Å². The molecule has 1 heterocycles. The van der Waals surface area contributed by atoms with E-state index in [0.717, 1.165) is 0 Å². The van der Waals surface area contributed by atoms with Crippen LogP contribution in [0, 0.1) is 0 Å². The molecule has 0 aromatic heterocycles. The molecule has 7 heteroatoms. The molecule has 1 aromatic carbocycles. The van der Waals surface area contributed by atoms with Crippen LogP contribution in [0.15, 0.2) is 24.3 Å². The lowest BCUT2D eigenvalue weighted by atomic mass is 10.1. The van der Waals surface area contributed by atoms with Crippen molar-refractivity contribution in [3.8, 4) is 0 Å². The third kappa shape index (κ3) is 3.13. The van der Waals surface area contributed by atoms with E-state index in [1.807, 2.05) is 0 Å². The number of halogens is 1. The summed E-state index contributed by atoms with van der Waals surface area (Å²) in [6.45, 7) is 2.09. The van der Waals surface area contributed by atoms with Crippen molar-refractivity contribution in [3.05, 3.63) is 34.9 Å². The third-order valence-corrected chi connectivity index (χ3v) is 5.34. The number of aliphatic hydroxyl groups is 1. The molecule has 1 aliphatic rings. The van der Waals surface area contributed by atoms with E-state index in [1.54, 1.807) is 31.2 Å². The van der Waals surface area contributed by atoms with Gasteiger partial charge in [0, 0.05) is 17.1 Å². The van der Waals surface area contributed by atoms with Crippen LogP contribution in [0.3, 0.4) is 0 Å². The van der Waals surface area contributed by atoms with Gasteiger partial charge in [0.15, 0.2) is 9.84 Å². The van der Waals surface area contributed by atoms with E-state index in [-0.39, 0.29) is 17.4 Å². The Balaban J connectivity index is 2.24. The highest BCUT2D eigenvalue weighted by atomic mass is 35.5. The summed E-state index contributed by atoms with van der Waals surface area (Å²) in [7, 11) is -3.29. The molecule has 2 atom stereocenters. The summed E-state index contributed by atoms with van der Waals surface area (Å²) < 4.78 is 23.1. The molecular formula is C13H16ClNO4S. The van der Waals surface area contributed by atoms with Gasteiger partial charge >= 0.3 is 0 Å². The quantitative estimate of drug-likeness (QED) is 0.901. The van der Waals surface area contributed by atoms with E-state index in [2.05, 4.69) is 0 Å². The largest absolute Gasteiger partial charge is 0.390 e. The lowest BCUT2D eigenvalue weighted by Crippen LogP contribution is -2.46. The van der Waals surface area contributed by atoms with E-state index in [9.17, 15) is 18.3 Å². The highest BCUT2D eigenvalue weighted by Crippen LogP contribution is 2.21. The van der Waals surface area contributed by atoms with Gasteiger partial charge in [0.05, 0.1) is 23.7 Å². The predicted molar refractivity (Wildman–Crippen MR) is 76.6 cm³/mol. The van der Waals surface area contributed by atoms with Crippen LogP contribution in [0.25, 0.3) is 0 Å². The fraction of sp³-hybridized carbons (Fsp3) is 0.462. The number of nitrogens with zero attached hydrogens (tertiary/aromatic N) is 1. The van der Waals surface area contributed by atoms with E-state index < -0.39 is 22.0 Å². The van der Waals surface area contributed by atoms with Crippen molar-refractivity contribution in [3.63, 3.8) is 0 Å². The molecule has 5 nitrogen and oxygen atoms in total. The highest BCUT2D eigenvalue weighted by molar-refractivity contribution is 7.91. The molecule has 0 aliphatic carbocycles. The molecule has 0 unspecified atom stereocenters. The molecular weight excluding hydrogens is 302 g/mol. The molecule has 2 rings (SSSR count). The smallest absolute Gasteiger partial charge is 0.254 e. The molecule has 0 radical (unpaired) electrons. The average Bonchev–Trinajstić information content (AvgIpc) is 2.64. The van der Waals surface area contributed by atoms with Gasteiger partial charge in [-0.25, -0.2) is 8.42 Å². The molecule has 1 aliphatic heterocycles. The topological polar surface area (TPSA) is 74.7 Å². The van der Waals surface area contributed by atoms with Crippen LogP contribution >= 0.6 is 11.6 Å². The number of benzene rings is 1. The number of rotatable bonds is 3. The van der Waals surface area contributed by atoms with Gasteiger partial charge in [0.25, 0.3) is 5.91 Å². The number of carbonyl (C=O) groups excluding carboxylic acids is 1. The maximum absolute atomic E-state index is 12.4. The lowest BCUT2D eigenvalue weighted by molar-refractivity contribution is 0.0521. The summed E-state index contributed by atoms with van der Waals surface area (Å²) in [5, 5.41) is 10.4. The maximum Gasteiger partial charge on any atom is 0.254 e. The van der Waals surface area contributed by atoms with Crippen LogP contribution < -0.4 is 0 Å². The van der Waals surface area contributed by atoms with Crippen LogP contribution in [0.5, 0.6) is 0 Å². The zero-order valence-corrected chi connectivity index (χ0v) is 12.6. The molecule has 1 aromatic rings. The SMILES string of the molecule is CCN(C(=O)c1ccc(Cl)cc1)[C@@H]1CS(=O)(=O)C[C@@H]1O. The van der Waals surface area contributed by atoms with Gasteiger partial charge in [-0.3, -0.25) is 4.79 Å². The Hall–Kier alpha value is -1.11. The first-order chi connectivity index (χ1) is 9.34. The van der Waals surface area contributed by atoms with Crippen molar-refractivity contribution in [2.24, 2.45) is 0 Å². The number of hydrogen-bond acceptors (Lipinski definition) is 4. The summed E-state index contributed by atoms with van der Waals surface area (Å²) in [6.07, 6.45) is -1.03. The molecule has 0 spiro atoms. The van der Waals surface area contributed by atoms with E-state index in [1.165, 1.54) is 4.90 Å². The van der Waals surface area contributed by atoms with Gasteiger partial charge in [0.1, 0.15) is 0 Å². The zero-order valence-electron chi connectivity index (χ0n) is 11.0. The van der Waals surface area contributed by atoms with Crippen molar-refractivity contribution >= 4 is 27.3 Å². The number of aliphatic hydroxyl groups excluding tert-OH is 1. The van der Waals surface area contributed by atoms with Crippen molar-refractivity contribution in [1.29, 1.82) is 0 Å². The Kier molecular flexibility index (Phi) is 4.36. The summed E-state index contributed by atoms with van der Waals surface area (Å²) >= 11 is 5.77. The van der Waals surface area contributed by atoms with Gasteiger partial charge < -0.3 is 10.0 Å². The highest BCUT2D eigenvalue weighted by Gasteiger charge is 2.41. The van der Waals surface area contributed by atoms with Crippen LogP contribution in [0.2, 0.25) is 5.02 Å². The molecule has 1 fully saturated rings. The number of hydrogen-bond donors (Lipinski definition) is 1. The summed E-state index contributed by atoms with van der Waals surface area (Å²) in [4.78, 5) is 13.8. The van der Waals surface area contributed by atoms with Gasteiger partial charge in [0.2, 0.25) is 0 Å². The normalized spacial score (nSPS) is 24.6. The Labute approximate surface area is 123 Å². The van der Waals surface area contributed by atoms with Crippen molar-refractivity contribution in [2.45, 2.75) is 19.1 Å². The fourth-order valence-electron chi connectivity index (χ4n) is 2.40. The van der Waals surface area contributed by atoms with Crippen LogP contribution in [-0.2, 0) is 9.84 Å². The molecule has 1 saturated heterocycles. The Morgan fingerprint density at radius 2 is 1.95 bits per heavy atom. The summed E-state index contributed by atoms with van der Waals surface area (Å²) in [6, 6.07) is 5.69. The minimum absolute atomic E-state index is 0.193. The van der Waals surface area contributed by atoms with E-state index in [0.29, 0.717) is 17.1 Å². The van der Waals surface area contributed by atoms with Crippen LogP contribution in [-0.4, -0.2) is 54.5 Å². The van der Waals surface area contributed by atoms with Crippen LogP contribution in [0.4, 0.5) is 0 Å². The first-order valence-electron chi connectivity index (χ1n) is 6.29. The number of likely N-dealkylation sites (N-methyl/N-ethyl adjacent to an activating group) is 1. The Morgan fingerprint density at radius 3 is 2.40 bits per heavy atom. The van der Waals surface area contributed by atoms with Gasteiger partial charge in [-0.15, -0.1) is 0 Å². The van der Waals surface area contributed by atoms with E-state index in [4.69, 9.17) is 11.6 Å². The van der Waals surface area contributed by atoms with Crippen molar-refractivity contribution in [1.82, 2.24) is 4.90 Å². The molecule has 1 N–H and O–H groups in total. The molecule has 110 valence electrons. The second kappa shape index (κ2) is 5.71. The second-order valence-electron chi connectivity index (χ2n) is 4.81. The fourth-order valence-corrected chi connectivity index (χ4v) is 4.32. The standard InChI is InChI=1S/C13H16ClNO4S/c1-2-15(11-7-20(18,19)8-12(11)16)13(17)9-3-5-10(14)6-4-9/h3-6,11-12,16H,2,7-8H2,1H3/t11-,12+/m1/s1. The zero-order chi connectivity index (χ0) is 14.9. The van der Waals surface area contributed by atoms with Crippen molar-refractivity contribution < 1.29 is 18.3 Å². The lowest BCUT2D eigenvalue weighted by Gasteiger charge is -2.29. The van der Waals surface area contributed by atoms with Crippen LogP contribution in [0.1, 0.15) is 17.3 Å². The first kappa shape index (κ1) is 15.3. The summed E-state index contributed by atoms with van der Waals surface area (Å²) in [5.74, 6) is -0.783. The van der Waals surface area contributed by atoms with E-state index >= 15 is 0 Å². The predicted octanol–water partition coefficient (Wildman–Crippen LogP) is 0.960. The number of sulfone groups is 1. The van der Waals surface area contributed by atoms with Gasteiger partial charge in [-0.2, -0.15) is 0 Å². The number of amides is 1. The Bertz CT molecular complexity index is 599. The number of carbonyl (C=O) groups is 1. The third-order valence-electron chi connectivity index (χ3n) is 3.39. The van der Waals surface area contributed by atoms with Crippen molar-refractivity contribution in [2.75, 3.05) is 18.1 Å². The maximum atomic E-state index is 12.4. The molecule has 0 saturated carbocycles.